The molecule has 1 heterocycles. The summed E-state index contributed by atoms with van der Waals surface area (Å²) in [6.45, 7) is 10.7. The van der Waals surface area contributed by atoms with Gasteiger partial charge in [0.1, 0.15) is 0 Å². The summed E-state index contributed by atoms with van der Waals surface area (Å²) in [5.74, 6) is 2.55. The van der Waals surface area contributed by atoms with E-state index in [2.05, 4.69) is 142 Å². The molecule has 0 N–H and O–H groups in total. The van der Waals surface area contributed by atoms with Crippen LogP contribution in [0, 0.1) is 13.8 Å². The fraction of sp³-hybridized carbons (Fsp3) is 0.0500. The van der Waals surface area contributed by atoms with Crippen LogP contribution in [0.5, 0.6) is 0 Å². The highest BCUT2D eigenvalue weighted by molar-refractivity contribution is 6.16. The molecule has 0 aliphatic heterocycles. The fourth-order valence-corrected chi connectivity index (χ4v) is 8.62. The molecule has 0 atom stereocenters. The molecule has 0 saturated heterocycles. The molecule has 0 spiro atoms. The standard InChI is InChI=1S/C60H45N5/c1-39-19-11-13-29-49(39)42(4)62-57(43-21-7-5-8-22-43)61-41(3)45-25-15-26-46(37-45)51-31-17-33-53-54-34-18-32-52(56(54)36-35-55(51)53)47-27-16-28-48(38-47)59-63-58(44-23-9-6-10-24-44)64-60(65-59)50-30-14-12-20-40(50)2/h5-38H,3H2,1-2,4H3/b61-57-,62-42+. The molecule has 0 bridgehead atoms. The lowest BCUT2D eigenvalue weighted by molar-refractivity contribution is 1.07. The van der Waals surface area contributed by atoms with Crippen LogP contribution in [-0.4, -0.2) is 26.5 Å². The molecular formula is C60H45N5. The second kappa shape index (κ2) is 17.8. The lowest BCUT2D eigenvalue weighted by atomic mass is 9.91. The summed E-state index contributed by atoms with van der Waals surface area (Å²) in [6.07, 6.45) is 0. The Morgan fingerprint density at radius 3 is 1.55 bits per heavy atom. The maximum absolute atomic E-state index is 5.08. The van der Waals surface area contributed by atoms with Crippen molar-refractivity contribution in [3.63, 3.8) is 0 Å². The molecule has 0 aliphatic carbocycles. The molecule has 0 unspecified atom stereocenters. The van der Waals surface area contributed by atoms with E-state index < -0.39 is 0 Å². The Morgan fingerprint density at radius 2 is 0.877 bits per heavy atom. The number of hydrogen-bond donors (Lipinski definition) is 0. The average Bonchev–Trinajstić information content (AvgIpc) is 3.36. The van der Waals surface area contributed by atoms with Gasteiger partial charge in [0.25, 0.3) is 0 Å². The van der Waals surface area contributed by atoms with Crippen molar-refractivity contribution in [1.29, 1.82) is 0 Å². The Bertz CT molecular complexity index is 3480. The predicted octanol–water partition coefficient (Wildman–Crippen LogP) is 15.1. The molecule has 0 fully saturated rings. The number of amidine groups is 1. The monoisotopic (exact) mass is 835 g/mol. The van der Waals surface area contributed by atoms with Crippen molar-refractivity contribution < 1.29 is 0 Å². The normalized spacial score (nSPS) is 11.9. The molecule has 310 valence electrons. The number of aromatic nitrogens is 3. The fourth-order valence-electron chi connectivity index (χ4n) is 8.62. The van der Waals surface area contributed by atoms with Crippen LogP contribution in [-0.2, 0) is 0 Å². The van der Waals surface area contributed by atoms with Gasteiger partial charge in [0, 0.05) is 33.5 Å². The second-order valence-corrected chi connectivity index (χ2v) is 16.3. The first-order valence-electron chi connectivity index (χ1n) is 21.9. The van der Waals surface area contributed by atoms with Crippen LogP contribution < -0.4 is 0 Å². The predicted molar refractivity (Wildman–Crippen MR) is 272 cm³/mol. The first-order valence-corrected chi connectivity index (χ1v) is 21.9. The Morgan fingerprint density at radius 1 is 0.385 bits per heavy atom. The van der Waals surface area contributed by atoms with E-state index in [9.17, 15) is 0 Å². The van der Waals surface area contributed by atoms with Gasteiger partial charge < -0.3 is 0 Å². The number of fused-ring (bicyclic) bond motifs is 3. The number of nitrogens with zero attached hydrogens (tertiary/aromatic N) is 5. The number of hydrogen-bond acceptors (Lipinski definition) is 4. The lowest BCUT2D eigenvalue weighted by Gasteiger charge is -2.14. The number of aryl methyl sites for hydroxylation is 2. The topological polar surface area (TPSA) is 63.4 Å². The first-order chi connectivity index (χ1) is 31.9. The second-order valence-electron chi connectivity index (χ2n) is 16.3. The van der Waals surface area contributed by atoms with Crippen LogP contribution in [0.1, 0.15) is 34.7 Å². The molecule has 10 rings (SSSR count). The van der Waals surface area contributed by atoms with Crippen molar-refractivity contribution in [3.8, 4) is 56.4 Å². The van der Waals surface area contributed by atoms with E-state index in [1.807, 2.05) is 91.9 Å². The van der Waals surface area contributed by atoms with Gasteiger partial charge in [0.2, 0.25) is 0 Å². The minimum absolute atomic E-state index is 0.622. The van der Waals surface area contributed by atoms with Crippen molar-refractivity contribution in [2.75, 3.05) is 0 Å². The minimum atomic E-state index is 0.622. The van der Waals surface area contributed by atoms with Gasteiger partial charge in [0.15, 0.2) is 23.3 Å². The summed E-state index contributed by atoms with van der Waals surface area (Å²) < 4.78 is 0. The van der Waals surface area contributed by atoms with E-state index in [0.29, 0.717) is 29.0 Å². The van der Waals surface area contributed by atoms with E-state index in [4.69, 9.17) is 24.9 Å². The van der Waals surface area contributed by atoms with Crippen molar-refractivity contribution >= 4 is 38.8 Å². The molecule has 0 amide bonds. The SMILES string of the molecule is C=C(/N=C(\N=C(/C)c1ccccc1C)c1ccccc1)c1cccc(-c2cccc3c2ccc2c(-c4cccc(-c5nc(-c6ccccc6)nc(-c6ccccc6C)n5)c4)cccc23)c1. The summed E-state index contributed by atoms with van der Waals surface area (Å²) in [7, 11) is 0. The molecular weight excluding hydrogens is 791 g/mol. The summed E-state index contributed by atoms with van der Waals surface area (Å²) in [5, 5.41) is 4.70. The van der Waals surface area contributed by atoms with E-state index in [-0.39, 0.29) is 0 Å². The maximum Gasteiger partial charge on any atom is 0.164 e. The van der Waals surface area contributed by atoms with E-state index in [1.54, 1.807) is 0 Å². The van der Waals surface area contributed by atoms with Gasteiger partial charge >= 0.3 is 0 Å². The van der Waals surface area contributed by atoms with Crippen LogP contribution in [0.3, 0.4) is 0 Å². The number of benzene rings is 9. The largest absolute Gasteiger partial charge is 0.233 e. The van der Waals surface area contributed by atoms with Crippen LogP contribution in [0.25, 0.3) is 83.7 Å². The smallest absolute Gasteiger partial charge is 0.164 e. The van der Waals surface area contributed by atoms with Crippen LogP contribution in [0.2, 0.25) is 0 Å². The number of rotatable bonds is 9. The Kier molecular flexibility index (Phi) is 11.1. The van der Waals surface area contributed by atoms with Gasteiger partial charge in [-0.3, -0.25) is 0 Å². The molecule has 1 aromatic heterocycles. The Balaban J connectivity index is 1.01. The molecule has 65 heavy (non-hydrogen) atoms. The highest BCUT2D eigenvalue weighted by Crippen LogP contribution is 2.39. The molecule has 10 aromatic rings. The van der Waals surface area contributed by atoms with Crippen molar-refractivity contribution in [3.05, 3.63) is 241 Å². The van der Waals surface area contributed by atoms with Crippen LogP contribution in [0.15, 0.2) is 223 Å². The molecule has 0 radical (unpaired) electrons. The van der Waals surface area contributed by atoms with E-state index >= 15 is 0 Å². The third-order valence-corrected chi connectivity index (χ3v) is 12.0. The van der Waals surface area contributed by atoms with Crippen LogP contribution >= 0.6 is 0 Å². The average molecular weight is 836 g/mol. The van der Waals surface area contributed by atoms with Gasteiger partial charge in [-0.05, 0) is 93.4 Å². The summed E-state index contributed by atoms with van der Waals surface area (Å²) >= 11 is 0. The van der Waals surface area contributed by atoms with Crippen LogP contribution in [0.4, 0.5) is 0 Å². The van der Waals surface area contributed by atoms with Gasteiger partial charge in [-0.25, -0.2) is 24.9 Å². The van der Waals surface area contributed by atoms with Gasteiger partial charge in [-0.15, -0.1) is 0 Å². The first kappa shape index (κ1) is 40.6. The lowest BCUT2D eigenvalue weighted by Crippen LogP contribution is -2.05. The quantitative estimate of drug-likeness (QED) is 0.0826. The zero-order chi connectivity index (χ0) is 44.3. The van der Waals surface area contributed by atoms with Crippen molar-refractivity contribution in [1.82, 2.24) is 15.0 Å². The van der Waals surface area contributed by atoms with E-state index in [1.165, 1.54) is 27.1 Å². The Hall–Kier alpha value is -8.41. The maximum atomic E-state index is 5.08. The third kappa shape index (κ3) is 8.31. The van der Waals surface area contributed by atoms with Crippen molar-refractivity contribution in [2.45, 2.75) is 20.8 Å². The summed E-state index contributed by atoms with van der Waals surface area (Å²) in [4.78, 5) is 25.2. The molecule has 0 saturated carbocycles. The molecule has 0 aliphatic rings. The molecule has 5 nitrogen and oxygen atoms in total. The summed E-state index contributed by atoms with van der Waals surface area (Å²) in [6, 6.07) is 71.4. The zero-order valence-electron chi connectivity index (χ0n) is 36.6. The Labute approximate surface area is 380 Å². The van der Waals surface area contributed by atoms with E-state index in [0.717, 1.165) is 66.9 Å². The molecule has 9 aromatic carbocycles. The third-order valence-electron chi connectivity index (χ3n) is 12.0. The van der Waals surface area contributed by atoms with Gasteiger partial charge in [0.05, 0.1) is 5.70 Å². The molecule has 5 heteroatoms. The summed E-state index contributed by atoms with van der Waals surface area (Å²) in [5.41, 5.74) is 14.1. The minimum Gasteiger partial charge on any atom is -0.233 e. The highest BCUT2D eigenvalue weighted by atomic mass is 15.0. The van der Waals surface area contributed by atoms with Crippen molar-refractivity contribution in [2.24, 2.45) is 9.98 Å². The highest BCUT2D eigenvalue weighted by Gasteiger charge is 2.16. The number of aliphatic imine (C=N–C) groups is 2. The zero-order valence-corrected chi connectivity index (χ0v) is 36.6. The van der Waals surface area contributed by atoms with Gasteiger partial charge in [-0.2, -0.15) is 0 Å². The van der Waals surface area contributed by atoms with Gasteiger partial charge in [-0.1, -0.05) is 201 Å².